The lowest BCUT2D eigenvalue weighted by molar-refractivity contribution is 0.0734. The Morgan fingerprint density at radius 2 is 1.35 bits per heavy atom. The molecule has 0 spiro atoms. The van der Waals surface area contributed by atoms with Crippen molar-refractivity contribution >= 4 is 57.2 Å². The number of rotatable bonds is 7. The first-order valence-corrected chi connectivity index (χ1v) is 12.1. The minimum atomic E-state index is -0.513. The molecule has 2 amide bonds. The molecule has 0 saturated carbocycles. The van der Waals surface area contributed by atoms with Crippen LogP contribution in [0, 0.1) is 0 Å². The SMILES string of the molecule is O=C(N/N=C\c1ccccc1OC(=O)c1ccc(Br)cc1)c1ccc(NC(=O)c2ccc(Cl)cc2)cc1. The van der Waals surface area contributed by atoms with Crippen LogP contribution in [0.5, 0.6) is 5.75 Å². The van der Waals surface area contributed by atoms with E-state index in [-0.39, 0.29) is 5.91 Å². The fraction of sp³-hybridized carbons (Fsp3) is 0. The average Bonchev–Trinajstić information content (AvgIpc) is 2.90. The van der Waals surface area contributed by atoms with E-state index in [0.29, 0.717) is 38.7 Å². The maximum atomic E-state index is 12.5. The summed E-state index contributed by atoms with van der Waals surface area (Å²) in [4.78, 5) is 37.3. The minimum Gasteiger partial charge on any atom is -0.422 e. The van der Waals surface area contributed by atoms with Crippen molar-refractivity contribution in [3.63, 3.8) is 0 Å². The molecule has 0 fully saturated rings. The van der Waals surface area contributed by atoms with Gasteiger partial charge in [-0.1, -0.05) is 39.7 Å². The van der Waals surface area contributed by atoms with Crippen LogP contribution in [0.2, 0.25) is 5.02 Å². The highest BCUT2D eigenvalue weighted by Crippen LogP contribution is 2.19. The normalized spacial score (nSPS) is 10.6. The van der Waals surface area contributed by atoms with Crippen molar-refractivity contribution in [2.45, 2.75) is 0 Å². The Bertz CT molecular complexity index is 1450. The second kappa shape index (κ2) is 12.1. The third-order valence-corrected chi connectivity index (χ3v) is 5.86. The summed E-state index contributed by atoms with van der Waals surface area (Å²) < 4.78 is 6.35. The Morgan fingerprint density at radius 1 is 0.757 bits per heavy atom. The zero-order chi connectivity index (χ0) is 26.2. The molecule has 0 bridgehead atoms. The van der Waals surface area contributed by atoms with Gasteiger partial charge in [0, 0.05) is 31.9 Å². The molecule has 7 nitrogen and oxygen atoms in total. The van der Waals surface area contributed by atoms with E-state index in [0.717, 1.165) is 4.47 Å². The van der Waals surface area contributed by atoms with Gasteiger partial charge in [-0.05, 0) is 84.9 Å². The lowest BCUT2D eigenvalue weighted by atomic mass is 10.1. The minimum absolute atomic E-state index is 0.294. The Hall–Kier alpha value is -4.27. The molecule has 0 atom stereocenters. The molecule has 4 aromatic carbocycles. The summed E-state index contributed by atoms with van der Waals surface area (Å²) in [6, 6.07) is 26.5. The van der Waals surface area contributed by atoms with Crippen molar-refractivity contribution in [2.24, 2.45) is 5.10 Å². The van der Waals surface area contributed by atoms with Crippen LogP contribution in [0.3, 0.4) is 0 Å². The topological polar surface area (TPSA) is 96.9 Å². The molecule has 0 unspecified atom stereocenters. The summed E-state index contributed by atoms with van der Waals surface area (Å²) in [5.74, 6) is -0.955. The molecular weight excluding hydrogens is 558 g/mol. The summed E-state index contributed by atoms with van der Waals surface area (Å²) in [7, 11) is 0. The number of carbonyl (C=O) groups is 3. The highest BCUT2D eigenvalue weighted by molar-refractivity contribution is 9.10. The average molecular weight is 577 g/mol. The highest BCUT2D eigenvalue weighted by atomic mass is 79.9. The second-order valence-corrected chi connectivity index (χ2v) is 9.02. The van der Waals surface area contributed by atoms with Gasteiger partial charge >= 0.3 is 5.97 Å². The van der Waals surface area contributed by atoms with Crippen molar-refractivity contribution in [1.29, 1.82) is 0 Å². The monoisotopic (exact) mass is 575 g/mol. The van der Waals surface area contributed by atoms with Crippen LogP contribution >= 0.6 is 27.5 Å². The maximum Gasteiger partial charge on any atom is 0.343 e. The number of ether oxygens (including phenoxy) is 1. The van der Waals surface area contributed by atoms with E-state index in [1.165, 1.54) is 6.21 Å². The fourth-order valence-corrected chi connectivity index (χ4v) is 3.55. The van der Waals surface area contributed by atoms with Crippen LogP contribution in [0.1, 0.15) is 36.6 Å². The second-order valence-electron chi connectivity index (χ2n) is 7.67. The molecule has 2 N–H and O–H groups in total. The molecule has 0 saturated heterocycles. The largest absolute Gasteiger partial charge is 0.422 e. The number of hydrogen-bond acceptors (Lipinski definition) is 5. The van der Waals surface area contributed by atoms with Crippen molar-refractivity contribution in [1.82, 2.24) is 5.43 Å². The number of esters is 1. The van der Waals surface area contributed by atoms with Crippen molar-refractivity contribution in [2.75, 3.05) is 5.32 Å². The highest BCUT2D eigenvalue weighted by Gasteiger charge is 2.11. The molecular formula is C28H19BrClN3O4. The van der Waals surface area contributed by atoms with E-state index in [9.17, 15) is 14.4 Å². The third kappa shape index (κ3) is 7.13. The van der Waals surface area contributed by atoms with Gasteiger partial charge < -0.3 is 10.1 Å². The maximum absolute atomic E-state index is 12.5. The third-order valence-electron chi connectivity index (χ3n) is 5.08. The van der Waals surface area contributed by atoms with E-state index >= 15 is 0 Å². The number of hydrazone groups is 1. The zero-order valence-electron chi connectivity index (χ0n) is 19.2. The number of hydrogen-bond donors (Lipinski definition) is 2. The molecule has 0 aliphatic rings. The Balaban J connectivity index is 1.35. The van der Waals surface area contributed by atoms with Crippen LogP contribution in [0.25, 0.3) is 0 Å². The number of benzene rings is 4. The van der Waals surface area contributed by atoms with E-state index in [2.05, 4.69) is 31.8 Å². The van der Waals surface area contributed by atoms with E-state index in [1.54, 1.807) is 97.1 Å². The number of nitrogens with zero attached hydrogens (tertiary/aromatic N) is 1. The molecule has 37 heavy (non-hydrogen) atoms. The first-order chi connectivity index (χ1) is 17.9. The van der Waals surface area contributed by atoms with Gasteiger partial charge in [-0.15, -0.1) is 0 Å². The molecule has 184 valence electrons. The zero-order valence-corrected chi connectivity index (χ0v) is 21.5. The molecule has 0 aliphatic heterocycles. The van der Waals surface area contributed by atoms with Crippen LogP contribution in [-0.2, 0) is 0 Å². The Kier molecular flexibility index (Phi) is 8.45. The molecule has 4 aromatic rings. The van der Waals surface area contributed by atoms with Gasteiger partial charge in [0.05, 0.1) is 11.8 Å². The molecule has 4 rings (SSSR count). The lowest BCUT2D eigenvalue weighted by Crippen LogP contribution is -2.18. The fourth-order valence-electron chi connectivity index (χ4n) is 3.16. The van der Waals surface area contributed by atoms with Crippen LogP contribution < -0.4 is 15.5 Å². The van der Waals surface area contributed by atoms with Crippen molar-refractivity contribution in [3.05, 3.63) is 129 Å². The van der Waals surface area contributed by atoms with Crippen LogP contribution in [-0.4, -0.2) is 24.0 Å². The predicted molar refractivity (Wildman–Crippen MR) is 146 cm³/mol. The Morgan fingerprint density at radius 3 is 2.05 bits per heavy atom. The number of nitrogens with one attached hydrogen (secondary N) is 2. The quantitative estimate of drug-likeness (QED) is 0.116. The standard InChI is InChI=1S/C28H19BrClN3O4/c29-22-11-5-20(6-12-22)28(36)37-25-4-2-1-3-21(25)17-31-33-27(35)19-9-15-24(16-10-19)32-26(34)18-7-13-23(30)14-8-18/h1-17H,(H,32,34)(H,33,35)/b31-17-. The predicted octanol–water partition coefficient (Wildman–Crippen LogP) is 6.34. The first-order valence-electron chi connectivity index (χ1n) is 11.0. The number of carbonyl (C=O) groups excluding carboxylic acids is 3. The van der Waals surface area contributed by atoms with Gasteiger partial charge in [-0.2, -0.15) is 5.10 Å². The smallest absolute Gasteiger partial charge is 0.343 e. The van der Waals surface area contributed by atoms with Gasteiger partial charge in [0.1, 0.15) is 5.75 Å². The number of para-hydroxylation sites is 1. The molecule has 0 aliphatic carbocycles. The van der Waals surface area contributed by atoms with Gasteiger partial charge in [0.15, 0.2) is 0 Å². The van der Waals surface area contributed by atoms with E-state index in [4.69, 9.17) is 16.3 Å². The van der Waals surface area contributed by atoms with Crippen LogP contribution in [0.4, 0.5) is 5.69 Å². The van der Waals surface area contributed by atoms with E-state index in [1.807, 2.05) is 0 Å². The van der Waals surface area contributed by atoms with E-state index < -0.39 is 11.9 Å². The van der Waals surface area contributed by atoms with Gasteiger partial charge in [0.25, 0.3) is 11.8 Å². The summed E-state index contributed by atoms with van der Waals surface area (Å²) in [6.07, 6.45) is 1.39. The Labute approximate surface area is 226 Å². The number of anilines is 1. The molecule has 0 aromatic heterocycles. The van der Waals surface area contributed by atoms with Gasteiger partial charge in [-0.25, -0.2) is 10.2 Å². The summed E-state index contributed by atoms with van der Waals surface area (Å²) in [5.41, 5.74) is 4.68. The molecule has 0 heterocycles. The van der Waals surface area contributed by atoms with Gasteiger partial charge in [-0.3, -0.25) is 9.59 Å². The van der Waals surface area contributed by atoms with Crippen molar-refractivity contribution < 1.29 is 19.1 Å². The van der Waals surface area contributed by atoms with Crippen LogP contribution in [0.15, 0.2) is 107 Å². The summed E-state index contributed by atoms with van der Waals surface area (Å²) in [6.45, 7) is 0. The summed E-state index contributed by atoms with van der Waals surface area (Å²) >= 11 is 9.18. The van der Waals surface area contributed by atoms with Gasteiger partial charge in [0.2, 0.25) is 0 Å². The number of amides is 2. The lowest BCUT2D eigenvalue weighted by Gasteiger charge is -2.08. The van der Waals surface area contributed by atoms with Crippen molar-refractivity contribution in [3.8, 4) is 5.75 Å². The first kappa shape index (κ1) is 25.8. The molecule has 0 radical (unpaired) electrons. The molecule has 9 heteroatoms. The summed E-state index contributed by atoms with van der Waals surface area (Å²) in [5, 5.41) is 7.28. The number of halogens is 2.